The summed E-state index contributed by atoms with van der Waals surface area (Å²) in [5.41, 5.74) is 0. The molecule has 0 aromatic carbocycles. The molecule has 9 heavy (non-hydrogen) atoms. The highest BCUT2D eigenvalue weighted by Gasteiger charge is 2.21. The Hall–Kier alpha value is -0.730. The van der Waals surface area contributed by atoms with Crippen LogP contribution in [0.4, 0.5) is 0 Å². The fourth-order valence-electron chi connectivity index (χ4n) is 0.670. The van der Waals surface area contributed by atoms with Crippen molar-refractivity contribution in [2.24, 2.45) is 4.99 Å². The highest BCUT2D eigenvalue weighted by Crippen LogP contribution is 2.17. The summed E-state index contributed by atoms with van der Waals surface area (Å²) < 4.78 is 0. The van der Waals surface area contributed by atoms with Gasteiger partial charge in [-0.25, -0.2) is 0 Å². The van der Waals surface area contributed by atoms with Crippen LogP contribution in [0.15, 0.2) is 4.99 Å². The molecule has 3 heteroatoms. The van der Waals surface area contributed by atoms with E-state index >= 15 is 0 Å². The van der Waals surface area contributed by atoms with Gasteiger partial charge in [0.1, 0.15) is 0 Å². The minimum Gasteiger partial charge on any atom is -0.359 e. The third-order valence-electron chi connectivity index (χ3n) is 1.38. The van der Waals surface area contributed by atoms with Crippen LogP contribution in [0.2, 0.25) is 0 Å². The zero-order chi connectivity index (χ0) is 6.69. The molecule has 0 atom stereocenters. The number of nitrogens with one attached hydrogen (secondary N) is 2. The van der Waals surface area contributed by atoms with Crippen LogP contribution in [0.25, 0.3) is 0 Å². The molecule has 0 aromatic rings. The minimum atomic E-state index is 0.691. The molecule has 0 bridgehead atoms. The van der Waals surface area contributed by atoms with E-state index in [0.717, 1.165) is 5.96 Å². The minimum absolute atomic E-state index is 0.691. The average Bonchev–Trinajstić information content (AvgIpc) is 2.66. The number of nitrogens with zero attached hydrogens (tertiary/aromatic N) is 1. The molecule has 1 aliphatic rings. The summed E-state index contributed by atoms with van der Waals surface area (Å²) >= 11 is 0. The third kappa shape index (κ3) is 1.91. The van der Waals surface area contributed by atoms with E-state index in [-0.39, 0.29) is 0 Å². The summed E-state index contributed by atoms with van der Waals surface area (Å²) in [4.78, 5) is 3.98. The first kappa shape index (κ1) is 6.39. The molecule has 0 aliphatic heterocycles. The molecule has 0 radical (unpaired) electrons. The molecule has 0 spiro atoms. The van der Waals surface area contributed by atoms with Crippen LogP contribution in [-0.2, 0) is 0 Å². The molecule has 3 nitrogen and oxygen atoms in total. The van der Waals surface area contributed by atoms with E-state index in [1.165, 1.54) is 12.8 Å². The molecule has 0 aromatic heterocycles. The molecular weight excluding hydrogens is 114 g/mol. The molecule has 52 valence electrons. The topological polar surface area (TPSA) is 36.4 Å². The largest absolute Gasteiger partial charge is 0.359 e. The van der Waals surface area contributed by atoms with Crippen LogP contribution in [-0.4, -0.2) is 26.1 Å². The Kier molecular flexibility index (Phi) is 1.92. The van der Waals surface area contributed by atoms with Gasteiger partial charge < -0.3 is 10.6 Å². The summed E-state index contributed by atoms with van der Waals surface area (Å²) in [6.45, 7) is 0. The maximum absolute atomic E-state index is 3.98. The summed E-state index contributed by atoms with van der Waals surface area (Å²) in [6.07, 6.45) is 2.58. The Morgan fingerprint density at radius 3 is 2.56 bits per heavy atom. The number of rotatable bonds is 1. The van der Waals surface area contributed by atoms with Gasteiger partial charge in [-0.2, -0.15) is 0 Å². The van der Waals surface area contributed by atoms with E-state index in [9.17, 15) is 0 Å². The van der Waals surface area contributed by atoms with Gasteiger partial charge in [-0.05, 0) is 12.8 Å². The van der Waals surface area contributed by atoms with Crippen LogP contribution in [0.1, 0.15) is 12.8 Å². The van der Waals surface area contributed by atoms with Crippen LogP contribution in [0, 0.1) is 0 Å². The second-order valence-electron chi connectivity index (χ2n) is 2.24. The van der Waals surface area contributed by atoms with Gasteiger partial charge in [-0.1, -0.05) is 0 Å². The summed E-state index contributed by atoms with van der Waals surface area (Å²) in [7, 11) is 3.65. The maximum Gasteiger partial charge on any atom is 0.190 e. The van der Waals surface area contributed by atoms with Crippen molar-refractivity contribution in [3.05, 3.63) is 0 Å². The van der Waals surface area contributed by atoms with Crippen molar-refractivity contribution in [1.29, 1.82) is 0 Å². The smallest absolute Gasteiger partial charge is 0.190 e. The van der Waals surface area contributed by atoms with Gasteiger partial charge in [-0.3, -0.25) is 4.99 Å². The van der Waals surface area contributed by atoms with Crippen LogP contribution in [0.3, 0.4) is 0 Å². The van der Waals surface area contributed by atoms with Gasteiger partial charge in [0.2, 0.25) is 0 Å². The van der Waals surface area contributed by atoms with Crippen molar-refractivity contribution in [1.82, 2.24) is 10.6 Å². The summed E-state index contributed by atoms with van der Waals surface area (Å²) in [6, 6.07) is 0.691. The van der Waals surface area contributed by atoms with E-state index in [4.69, 9.17) is 0 Å². The highest BCUT2D eigenvalue weighted by molar-refractivity contribution is 5.79. The van der Waals surface area contributed by atoms with Crippen molar-refractivity contribution < 1.29 is 0 Å². The van der Waals surface area contributed by atoms with Gasteiger partial charge in [0.25, 0.3) is 0 Å². The first-order valence-corrected chi connectivity index (χ1v) is 3.28. The fourth-order valence-corrected chi connectivity index (χ4v) is 0.670. The predicted molar refractivity (Wildman–Crippen MR) is 38.6 cm³/mol. The van der Waals surface area contributed by atoms with Crippen LogP contribution < -0.4 is 10.6 Å². The number of aliphatic imine (C=N–C) groups is 1. The van der Waals surface area contributed by atoms with Gasteiger partial charge in [0, 0.05) is 20.1 Å². The Morgan fingerprint density at radius 2 is 2.22 bits per heavy atom. The Labute approximate surface area is 55.6 Å². The lowest BCUT2D eigenvalue weighted by atomic mass is 10.7. The molecule has 1 aliphatic carbocycles. The molecule has 0 amide bonds. The zero-order valence-corrected chi connectivity index (χ0v) is 5.94. The molecule has 1 rings (SSSR count). The van der Waals surface area contributed by atoms with Crippen molar-refractivity contribution in [3.8, 4) is 0 Å². The van der Waals surface area contributed by atoms with E-state index in [2.05, 4.69) is 15.6 Å². The molecule has 2 N–H and O–H groups in total. The van der Waals surface area contributed by atoms with Crippen molar-refractivity contribution in [3.63, 3.8) is 0 Å². The number of guanidine groups is 1. The molecule has 1 fully saturated rings. The standard InChI is InChI=1S/C6H13N3/c1-7-6(8-2)9-5-3-4-5/h5H,3-4H2,1-2H3,(H2,7,8,9). The lowest BCUT2D eigenvalue weighted by Crippen LogP contribution is -2.35. The third-order valence-corrected chi connectivity index (χ3v) is 1.38. The normalized spacial score (nSPS) is 19.6. The summed E-state index contributed by atoms with van der Waals surface area (Å²) in [5, 5.41) is 6.19. The van der Waals surface area contributed by atoms with Crippen molar-refractivity contribution in [2.75, 3.05) is 14.1 Å². The van der Waals surface area contributed by atoms with Gasteiger partial charge in [0.15, 0.2) is 5.96 Å². The predicted octanol–water partition coefficient (Wildman–Crippen LogP) is -0.0564. The van der Waals surface area contributed by atoms with E-state index in [1.54, 1.807) is 7.05 Å². The Balaban J connectivity index is 2.21. The first-order valence-electron chi connectivity index (χ1n) is 3.28. The molecule has 0 heterocycles. The Bertz CT molecular complexity index is 115. The first-order chi connectivity index (χ1) is 4.36. The van der Waals surface area contributed by atoms with E-state index in [0.29, 0.717) is 6.04 Å². The van der Waals surface area contributed by atoms with Gasteiger partial charge in [0.05, 0.1) is 0 Å². The lowest BCUT2D eigenvalue weighted by Gasteiger charge is -2.04. The second kappa shape index (κ2) is 2.71. The quantitative estimate of drug-likeness (QED) is 0.382. The van der Waals surface area contributed by atoms with E-state index in [1.807, 2.05) is 7.05 Å². The highest BCUT2D eigenvalue weighted by atomic mass is 15.2. The fraction of sp³-hybridized carbons (Fsp3) is 0.833. The SMILES string of the molecule is CN=C(NC)NC1CC1. The summed E-state index contributed by atoms with van der Waals surface area (Å²) in [5.74, 6) is 0.900. The van der Waals surface area contributed by atoms with E-state index < -0.39 is 0 Å². The monoisotopic (exact) mass is 127 g/mol. The number of hydrogen-bond donors (Lipinski definition) is 2. The lowest BCUT2D eigenvalue weighted by molar-refractivity contribution is 0.860. The Morgan fingerprint density at radius 1 is 1.56 bits per heavy atom. The van der Waals surface area contributed by atoms with Crippen LogP contribution >= 0.6 is 0 Å². The zero-order valence-electron chi connectivity index (χ0n) is 5.94. The van der Waals surface area contributed by atoms with Crippen molar-refractivity contribution in [2.45, 2.75) is 18.9 Å². The molecule has 0 saturated heterocycles. The van der Waals surface area contributed by atoms with Gasteiger partial charge >= 0.3 is 0 Å². The molecule has 0 unspecified atom stereocenters. The van der Waals surface area contributed by atoms with Gasteiger partial charge in [-0.15, -0.1) is 0 Å². The number of hydrogen-bond acceptors (Lipinski definition) is 1. The maximum atomic E-state index is 3.98. The molecular formula is C6H13N3. The van der Waals surface area contributed by atoms with Crippen molar-refractivity contribution >= 4 is 5.96 Å². The second-order valence-corrected chi connectivity index (χ2v) is 2.24. The van der Waals surface area contributed by atoms with Crippen LogP contribution in [0.5, 0.6) is 0 Å². The molecule has 1 saturated carbocycles. The average molecular weight is 127 g/mol.